The van der Waals surface area contributed by atoms with Crippen molar-refractivity contribution in [2.24, 2.45) is 0 Å². The highest BCUT2D eigenvalue weighted by Crippen LogP contribution is 2.21. The van der Waals surface area contributed by atoms with Crippen LogP contribution in [0.2, 0.25) is 0 Å². The van der Waals surface area contributed by atoms with E-state index < -0.39 is 10.0 Å². The van der Waals surface area contributed by atoms with Crippen LogP contribution in [0.1, 0.15) is 5.89 Å². The molecule has 3 rings (SSSR count). The minimum absolute atomic E-state index is 0.00364. The molecule has 1 aromatic carbocycles. The predicted molar refractivity (Wildman–Crippen MR) is 68.1 cm³/mol. The first-order valence-electron chi connectivity index (χ1n) is 5.44. The van der Waals surface area contributed by atoms with Crippen LogP contribution in [0.25, 0.3) is 11.1 Å². The van der Waals surface area contributed by atoms with Gasteiger partial charge in [0.1, 0.15) is 5.52 Å². The van der Waals surface area contributed by atoms with Crippen molar-refractivity contribution in [3.8, 4) is 0 Å². The fourth-order valence-electron chi connectivity index (χ4n) is 1.71. The average molecular weight is 278 g/mol. The molecule has 0 bridgehead atoms. The highest BCUT2D eigenvalue weighted by molar-refractivity contribution is 7.92. The Morgan fingerprint density at radius 1 is 1.32 bits per heavy atom. The zero-order valence-corrected chi connectivity index (χ0v) is 10.7. The zero-order chi connectivity index (χ0) is 13.5. The molecular formula is C11H10N4O3S. The van der Waals surface area contributed by atoms with Crippen LogP contribution in [-0.2, 0) is 10.0 Å². The molecule has 0 spiro atoms. The van der Waals surface area contributed by atoms with E-state index in [2.05, 4.69) is 19.9 Å². The fraction of sp³-hybridized carbons (Fsp3) is 0.0909. The highest BCUT2D eigenvalue weighted by atomic mass is 32.2. The third-order valence-corrected chi connectivity index (χ3v) is 3.82. The van der Waals surface area contributed by atoms with Crippen molar-refractivity contribution in [3.05, 3.63) is 36.4 Å². The maximum Gasteiger partial charge on any atom is 0.278 e. The third-order valence-electron chi connectivity index (χ3n) is 2.51. The van der Waals surface area contributed by atoms with Crippen molar-refractivity contribution in [1.29, 1.82) is 0 Å². The van der Waals surface area contributed by atoms with Gasteiger partial charge in [-0.25, -0.2) is 4.98 Å². The molecule has 0 unspecified atom stereocenters. The van der Waals surface area contributed by atoms with Gasteiger partial charge >= 0.3 is 0 Å². The van der Waals surface area contributed by atoms with E-state index in [-0.39, 0.29) is 5.03 Å². The van der Waals surface area contributed by atoms with E-state index in [1.165, 1.54) is 12.3 Å². The molecule has 0 fully saturated rings. The smallest absolute Gasteiger partial charge is 0.278 e. The molecular weight excluding hydrogens is 268 g/mol. The standard InChI is InChI=1S/C11H10N4O3S/c1-7-13-9-6-8(2-3-10(9)18-7)15-19(16,17)11-4-5-12-14-11/h2-6,15H,1H3,(H,12,14). The van der Waals surface area contributed by atoms with E-state index >= 15 is 0 Å². The Balaban J connectivity index is 1.97. The lowest BCUT2D eigenvalue weighted by molar-refractivity contribution is 0.561. The molecule has 0 radical (unpaired) electrons. The van der Waals surface area contributed by atoms with Crippen molar-refractivity contribution < 1.29 is 12.8 Å². The monoisotopic (exact) mass is 278 g/mol. The predicted octanol–water partition coefficient (Wildman–Crippen LogP) is 1.66. The Morgan fingerprint density at radius 3 is 2.89 bits per heavy atom. The average Bonchev–Trinajstić information content (AvgIpc) is 2.95. The lowest BCUT2D eigenvalue weighted by Gasteiger charge is -2.05. The van der Waals surface area contributed by atoms with Crippen molar-refractivity contribution in [1.82, 2.24) is 15.2 Å². The van der Waals surface area contributed by atoms with Gasteiger partial charge < -0.3 is 4.42 Å². The van der Waals surface area contributed by atoms with Crippen LogP contribution >= 0.6 is 0 Å². The van der Waals surface area contributed by atoms with Gasteiger partial charge in [-0.3, -0.25) is 9.82 Å². The lowest BCUT2D eigenvalue weighted by Crippen LogP contribution is -2.13. The van der Waals surface area contributed by atoms with Crippen LogP contribution in [0.4, 0.5) is 5.69 Å². The Labute approximate surface area is 108 Å². The quantitative estimate of drug-likeness (QED) is 0.758. The molecule has 0 saturated carbocycles. The second-order valence-electron chi connectivity index (χ2n) is 3.94. The van der Waals surface area contributed by atoms with E-state index in [1.54, 1.807) is 25.1 Å². The Kier molecular flexibility index (Phi) is 2.53. The van der Waals surface area contributed by atoms with E-state index in [1.807, 2.05) is 0 Å². The summed E-state index contributed by atoms with van der Waals surface area (Å²) >= 11 is 0. The minimum Gasteiger partial charge on any atom is -0.441 e. The number of oxazole rings is 1. The molecule has 0 aliphatic rings. The summed E-state index contributed by atoms with van der Waals surface area (Å²) in [6.45, 7) is 1.73. The normalized spacial score (nSPS) is 11.8. The van der Waals surface area contributed by atoms with E-state index in [0.717, 1.165) is 0 Å². The molecule has 0 saturated heterocycles. The van der Waals surface area contributed by atoms with E-state index in [9.17, 15) is 8.42 Å². The number of sulfonamides is 1. The first kappa shape index (κ1) is 11.7. The number of aromatic nitrogens is 3. The summed E-state index contributed by atoms with van der Waals surface area (Å²) < 4.78 is 31.7. The summed E-state index contributed by atoms with van der Waals surface area (Å²) in [6.07, 6.45) is 1.37. The molecule has 98 valence electrons. The van der Waals surface area contributed by atoms with Crippen molar-refractivity contribution in [2.45, 2.75) is 11.9 Å². The third kappa shape index (κ3) is 2.17. The van der Waals surface area contributed by atoms with Gasteiger partial charge in [-0.1, -0.05) is 0 Å². The van der Waals surface area contributed by atoms with Crippen LogP contribution in [0.5, 0.6) is 0 Å². The van der Waals surface area contributed by atoms with Crippen molar-refractivity contribution in [2.75, 3.05) is 4.72 Å². The summed E-state index contributed by atoms with van der Waals surface area (Å²) in [6, 6.07) is 6.27. The van der Waals surface area contributed by atoms with Gasteiger partial charge in [-0.2, -0.15) is 13.5 Å². The Hall–Kier alpha value is -2.35. The van der Waals surface area contributed by atoms with Gasteiger partial charge in [0.2, 0.25) is 0 Å². The first-order chi connectivity index (χ1) is 9.04. The Morgan fingerprint density at radius 2 is 2.16 bits per heavy atom. The number of aromatic amines is 1. The van der Waals surface area contributed by atoms with Crippen molar-refractivity contribution in [3.63, 3.8) is 0 Å². The summed E-state index contributed by atoms with van der Waals surface area (Å²) in [4.78, 5) is 4.14. The molecule has 0 amide bonds. The van der Waals surface area contributed by atoms with Crippen LogP contribution < -0.4 is 4.72 Å². The number of aryl methyl sites for hydroxylation is 1. The van der Waals surface area contributed by atoms with E-state index in [4.69, 9.17) is 4.42 Å². The second kappa shape index (κ2) is 4.09. The van der Waals surface area contributed by atoms with Gasteiger partial charge in [0.05, 0.1) is 11.9 Å². The number of anilines is 1. The van der Waals surface area contributed by atoms with Crippen LogP contribution in [0.15, 0.2) is 39.9 Å². The van der Waals surface area contributed by atoms with Crippen LogP contribution in [-0.4, -0.2) is 23.6 Å². The number of hydrogen-bond donors (Lipinski definition) is 2. The van der Waals surface area contributed by atoms with Crippen LogP contribution in [0, 0.1) is 6.92 Å². The second-order valence-corrected chi connectivity index (χ2v) is 5.59. The van der Waals surface area contributed by atoms with E-state index in [0.29, 0.717) is 22.7 Å². The molecule has 0 aliphatic heterocycles. The molecule has 19 heavy (non-hydrogen) atoms. The number of nitrogens with one attached hydrogen (secondary N) is 2. The minimum atomic E-state index is -3.66. The maximum atomic E-state index is 12.0. The van der Waals surface area contributed by atoms with Gasteiger partial charge in [0.15, 0.2) is 16.5 Å². The number of H-pyrrole nitrogens is 1. The van der Waals surface area contributed by atoms with Crippen molar-refractivity contribution >= 4 is 26.8 Å². The first-order valence-corrected chi connectivity index (χ1v) is 6.92. The summed E-state index contributed by atoms with van der Waals surface area (Å²) in [5, 5.41) is 6.02. The topological polar surface area (TPSA) is 101 Å². The largest absolute Gasteiger partial charge is 0.441 e. The Bertz CT molecular complexity index is 821. The van der Waals surface area contributed by atoms with Gasteiger partial charge in [0, 0.05) is 6.92 Å². The number of fused-ring (bicyclic) bond motifs is 1. The SMILES string of the molecule is Cc1nc2cc(NS(=O)(=O)c3ccn[nH]3)ccc2o1. The molecule has 7 nitrogen and oxygen atoms in total. The summed E-state index contributed by atoms with van der Waals surface area (Å²) in [5.41, 5.74) is 1.62. The molecule has 2 aromatic heterocycles. The number of nitrogens with zero attached hydrogens (tertiary/aromatic N) is 2. The lowest BCUT2D eigenvalue weighted by atomic mass is 10.3. The molecule has 3 aromatic rings. The molecule has 0 atom stereocenters. The fourth-order valence-corrected chi connectivity index (χ4v) is 2.67. The van der Waals surface area contributed by atoms with Gasteiger partial charge in [-0.15, -0.1) is 0 Å². The molecule has 8 heteroatoms. The molecule has 2 N–H and O–H groups in total. The van der Waals surface area contributed by atoms with Gasteiger partial charge in [0.25, 0.3) is 10.0 Å². The summed E-state index contributed by atoms with van der Waals surface area (Å²) in [7, 11) is -3.66. The molecule has 2 heterocycles. The zero-order valence-electron chi connectivity index (χ0n) is 9.91. The van der Waals surface area contributed by atoms with Gasteiger partial charge in [-0.05, 0) is 24.3 Å². The number of hydrogen-bond acceptors (Lipinski definition) is 5. The summed E-state index contributed by atoms with van der Waals surface area (Å²) in [5.74, 6) is 0.531. The maximum absolute atomic E-state index is 12.0. The highest BCUT2D eigenvalue weighted by Gasteiger charge is 2.16. The number of benzene rings is 1. The van der Waals surface area contributed by atoms with Crippen LogP contribution in [0.3, 0.4) is 0 Å². The number of rotatable bonds is 3. The molecule has 0 aliphatic carbocycles.